The molecule has 1 atom stereocenters. The van der Waals surface area contributed by atoms with Crippen LogP contribution in [-0.2, 0) is 17.8 Å². The van der Waals surface area contributed by atoms with E-state index < -0.39 is 0 Å². The zero-order chi connectivity index (χ0) is 16.2. The van der Waals surface area contributed by atoms with Crippen LogP contribution in [0.15, 0.2) is 6.20 Å². The Morgan fingerprint density at radius 2 is 2.04 bits per heavy atom. The first kappa shape index (κ1) is 16.5. The molecule has 2 aliphatic heterocycles. The summed E-state index contributed by atoms with van der Waals surface area (Å²) < 4.78 is 2.16. The molecule has 3 heterocycles. The van der Waals surface area contributed by atoms with Crippen molar-refractivity contribution in [2.75, 3.05) is 38.5 Å². The molecule has 0 radical (unpaired) electrons. The lowest BCUT2D eigenvalue weighted by atomic mass is 10.1. The maximum absolute atomic E-state index is 12.3. The Morgan fingerprint density at radius 3 is 2.83 bits per heavy atom. The van der Waals surface area contributed by atoms with Crippen LogP contribution in [0, 0.1) is 0 Å². The minimum absolute atomic E-state index is 0.110. The van der Waals surface area contributed by atoms with E-state index in [0.29, 0.717) is 12.5 Å². The van der Waals surface area contributed by atoms with Crippen molar-refractivity contribution < 1.29 is 4.79 Å². The lowest BCUT2D eigenvalue weighted by Gasteiger charge is -2.36. The number of nitrogens with one attached hydrogen (secondary N) is 1. The first-order valence-corrected chi connectivity index (χ1v) is 8.90. The highest BCUT2D eigenvalue weighted by atomic mass is 16.1. The maximum atomic E-state index is 12.3. The molecule has 0 bridgehead atoms. The van der Waals surface area contributed by atoms with Crippen molar-refractivity contribution in [1.82, 2.24) is 19.4 Å². The zero-order valence-corrected chi connectivity index (χ0v) is 14.4. The van der Waals surface area contributed by atoms with Gasteiger partial charge >= 0.3 is 0 Å². The number of amides is 1. The van der Waals surface area contributed by atoms with Crippen molar-refractivity contribution in [1.29, 1.82) is 0 Å². The van der Waals surface area contributed by atoms with E-state index in [1.165, 1.54) is 12.8 Å². The Labute approximate surface area is 138 Å². The highest BCUT2D eigenvalue weighted by Gasteiger charge is 2.20. The van der Waals surface area contributed by atoms with E-state index in [9.17, 15) is 4.79 Å². The van der Waals surface area contributed by atoms with Crippen LogP contribution in [0.3, 0.4) is 0 Å². The molecule has 6 heteroatoms. The third kappa shape index (κ3) is 4.12. The van der Waals surface area contributed by atoms with Crippen molar-refractivity contribution in [3.05, 3.63) is 12.0 Å². The molecule has 1 aromatic heterocycles. The number of fused-ring (bicyclic) bond motifs is 1. The SMILES string of the molecule is CC(CCC(=O)Nc1cnc2n1CCCC2)N1CCN(C)CC1. The second-order valence-corrected chi connectivity index (χ2v) is 6.94. The number of hydrogen-bond acceptors (Lipinski definition) is 4. The molecular formula is C17H29N5O. The molecule has 1 aromatic rings. The molecule has 3 rings (SSSR count). The topological polar surface area (TPSA) is 53.4 Å². The molecule has 1 saturated heterocycles. The Kier molecular flexibility index (Phi) is 5.33. The summed E-state index contributed by atoms with van der Waals surface area (Å²) in [6.07, 6.45) is 6.70. The Balaban J connectivity index is 1.45. The predicted octanol–water partition coefficient (Wildman–Crippen LogP) is 1.57. The van der Waals surface area contributed by atoms with E-state index >= 15 is 0 Å². The summed E-state index contributed by atoms with van der Waals surface area (Å²) >= 11 is 0. The summed E-state index contributed by atoms with van der Waals surface area (Å²) in [5, 5.41) is 3.05. The van der Waals surface area contributed by atoms with Gasteiger partial charge in [0.2, 0.25) is 5.91 Å². The number of aromatic nitrogens is 2. The number of carbonyl (C=O) groups excluding carboxylic acids is 1. The van der Waals surface area contributed by atoms with Crippen molar-refractivity contribution in [2.24, 2.45) is 0 Å². The summed E-state index contributed by atoms with van der Waals surface area (Å²) in [4.78, 5) is 21.5. The monoisotopic (exact) mass is 319 g/mol. The van der Waals surface area contributed by atoms with Gasteiger partial charge in [-0.15, -0.1) is 0 Å². The molecule has 1 N–H and O–H groups in total. The average Bonchev–Trinajstić information content (AvgIpc) is 2.96. The van der Waals surface area contributed by atoms with Crippen molar-refractivity contribution in [2.45, 2.75) is 51.6 Å². The van der Waals surface area contributed by atoms with Gasteiger partial charge in [0.15, 0.2) is 0 Å². The van der Waals surface area contributed by atoms with Gasteiger partial charge in [-0.05, 0) is 33.2 Å². The van der Waals surface area contributed by atoms with E-state index in [-0.39, 0.29) is 5.91 Å². The minimum Gasteiger partial charge on any atom is -0.315 e. The Bertz CT molecular complexity index is 533. The van der Waals surface area contributed by atoms with Gasteiger partial charge in [-0.25, -0.2) is 4.98 Å². The molecule has 1 amide bonds. The van der Waals surface area contributed by atoms with Gasteiger partial charge in [-0.1, -0.05) is 0 Å². The second kappa shape index (κ2) is 7.45. The standard InChI is InChI=1S/C17H29N5O/c1-14(21-11-9-20(2)10-12-21)6-7-17(23)19-16-13-18-15-5-3-4-8-22(15)16/h13-14H,3-12H2,1-2H3,(H,19,23). The summed E-state index contributed by atoms with van der Waals surface area (Å²) in [5.41, 5.74) is 0. The van der Waals surface area contributed by atoms with Gasteiger partial charge in [-0.2, -0.15) is 0 Å². The van der Waals surface area contributed by atoms with E-state index in [1.807, 2.05) is 6.20 Å². The average molecular weight is 319 g/mol. The predicted molar refractivity (Wildman–Crippen MR) is 91.6 cm³/mol. The zero-order valence-electron chi connectivity index (χ0n) is 14.4. The Hall–Kier alpha value is -1.40. The van der Waals surface area contributed by atoms with E-state index in [4.69, 9.17) is 0 Å². The number of rotatable bonds is 5. The molecule has 6 nitrogen and oxygen atoms in total. The van der Waals surface area contributed by atoms with Crippen LogP contribution in [-0.4, -0.2) is 64.5 Å². The number of piperazine rings is 1. The number of imidazole rings is 1. The highest BCUT2D eigenvalue weighted by Crippen LogP contribution is 2.20. The van der Waals surface area contributed by atoms with Crippen LogP contribution in [0.1, 0.15) is 38.4 Å². The molecule has 2 aliphatic rings. The van der Waals surface area contributed by atoms with Crippen LogP contribution in [0.25, 0.3) is 0 Å². The van der Waals surface area contributed by atoms with E-state index in [0.717, 1.165) is 57.2 Å². The van der Waals surface area contributed by atoms with Crippen LogP contribution >= 0.6 is 0 Å². The number of aryl methyl sites for hydroxylation is 1. The fourth-order valence-corrected chi connectivity index (χ4v) is 3.51. The number of carbonyl (C=O) groups is 1. The van der Waals surface area contributed by atoms with E-state index in [1.54, 1.807) is 0 Å². The molecule has 1 unspecified atom stereocenters. The molecule has 1 fully saturated rings. The third-order valence-corrected chi connectivity index (χ3v) is 5.19. The van der Waals surface area contributed by atoms with E-state index in [2.05, 4.69) is 38.6 Å². The number of likely N-dealkylation sites (N-methyl/N-ethyl adjacent to an activating group) is 1. The van der Waals surface area contributed by atoms with Crippen LogP contribution in [0.2, 0.25) is 0 Å². The normalized spacial score (nSPS) is 21.0. The summed E-state index contributed by atoms with van der Waals surface area (Å²) in [5.74, 6) is 2.09. The molecule has 128 valence electrons. The van der Waals surface area contributed by atoms with Gasteiger partial charge < -0.3 is 14.8 Å². The number of nitrogens with zero attached hydrogens (tertiary/aromatic N) is 4. The van der Waals surface area contributed by atoms with Crippen LogP contribution < -0.4 is 5.32 Å². The summed E-state index contributed by atoms with van der Waals surface area (Å²) in [6.45, 7) is 7.67. The summed E-state index contributed by atoms with van der Waals surface area (Å²) in [7, 11) is 2.17. The smallest absolute Gasteiger partial charge is 0.225 e. The van der Waals surface area contributed by atoms with Crippen LogP contribution in [0.4, 0.5) is 5.82 Å². The Morgan fingerprint density at radius 1 is 1.26 bits per heavy atom. The number of hydrogen-bond donors (Lipinski definition) is 1. The molecule has 0 aliphatic carbocycles. The second-order valence-electron chi connectivity index (χ2n) is 6.94. The molecule has 0 saturated carbocycles. The maximum Gasteiger partial charge on any atom is 0.225 e. The molecular weight excluding hydrogens is 290 g/mol. The lowest BCUT2D eigenvalue weighted by Crippen LogP contribution is -2.48. The minimum atomic E-state index is 0.110. The van der Waals surface area contributed by atoms with Gasteiger partial charge in [0.05, 0.1) is 6.20 Å². The van der Waals surface area contributed by atoms with Crippen molar-refractivity contribution in [3.8, 4) is 0 Å². The first-order chi connectivity index (χ1) is 11.1. The van der Waals surface area contributed by atoms with Crippen molar-refractivity contribution in [3.63, 3.8) is 0 Å². The van der Waals surface area contributed by atoms with Gasteiger partial charge in [0.1, 0.15) is 11.6 Å². The molecule has 0 aromatic carbocycles. The highest BCUT2D eigenvalue weighted by molar-refractivity contribution is 5.89. The molecule has 23 heavy (non-hydrogen) atoms. The fourth-order valence-electron chi connectivity index (χ4n) is 3.51. The third-order valence-electron chi connectivity index (χ3n) is 5.19. The largest absolute Gasteiger partial charge is 0.315 e. The fraction of sp³-hybridized carbons (Fsp3) is 0.765. The molecule has 0 spiro atoms. The van der Waals surface area contributed by atoms with Gasteiger partial charge in [0.25, 0.3) is 0 Å². The first-order valence-electron chi connectivity index (χ1n) is 8.90. The lowest BCUT2D eigenvalue weighted by molar-refractivity contribution is -0.116. The van der Waals surface area contributed by atoms with Crippen molar-refractivity contribution >= 4 is 11.7 Å². The van der Waals surface area contributed by atoms with Gasteiger partial charge in [-0.3, -0.25) is 9.69 Å². The van der Waals surface area contributed by atoms with Gasteiger partial charge in [0, 0.05) is 51.6 Å². The van der Waals surface area contributed by atoms with Crippen LogP contribution in [0.5, 0.6) is 0 Å². The summed E-state index contributed by atoms with van der Waals surface area (Å²) in [6, 6.07) is 0.466. The number of anilines is 1. The quantitative estimate of drug-likeness (QED) is 0.895.